The van der Waals surface area contributed by atoms with E-state index in [1.165, 1.54) is 0 Å². The van der Waals surface area contributed by atoms with Gasteiger partial charge in [-0.05, 0) is 24.3 Å². The largest absolute Gasteiger partial charge is 0.497 e. The molecular weight excluding hydrogens is 280 g/mol. The molecule has 0 fully saturated rings. The maximum Gasteiger partial charge on any atom is 0.315 e. The second kappa shape index (κ2) is 8.41. The number of carbonyl (C=O) groups excluding carboxylic acids is 3. The van der Waals surface area contributed by atoms with Crippen LogP contribution in [0.3, 0.4) is 0 Å². The van der Waals surface area contributed by atoms with Crippen molar-refractivity contribution in [2.45, 2.75) is 6.42 Å². The van der Waals surface area contributed by atoms with Gasteiger partial charge in [0.05, 0.1) is 14.2 Å². The molecule has 0 aliphatic carbocycles. The highest BCUT2D eigenvalue weighted by atomic mass is 16.5. The van der Waals surface area contributed by atoms with Crippen LogP contribution in [0.25, 0.3) is 0 Å². The normalized spacial score (nSPS) is 9.43. The summed E-state index contributed by atoms with van der Waals surface area (Å²) in [7, 11) is 2.71. The molecule has 1 rings (SSSR count). The Morgan fingerprint density at radius 2 is 1.52 bits per heavy atom. The first-order chi connectivity index (χ1) is 10.0. The maximum atomic E-state index is 11.4. The van der Waals surface area contributed by atoms with Gasteiger partial charge in [0.15, 0.2) is 6.61 Å². The zero-order valence-corrected chi connectivity index (χ0v) is 11.7. The molecule has 0 bridgehead atoms. The monoisotopic (exact) mass is 296 g/mol. The Morgan fingerprint density at radius 3 is 2.10 bits per heavy atom. The van der Waals surface area contributed by atoms with Crippen molar-refractivity contribution < 1.29 is 28.6 Å². The van der Waals surface area contributed by atoms with Gasteiger partial charge < -0.3 is 14.2 Å². The third kappa shape index (κ3) is 6.28. The van der Waals surface area contributed by atoms with Crippen LogP contribution in [0.1, 0.15) is 6.42 Å². The molecule has 0 saturated carbocycles. The number of carbonyl (C=O) groups is 3. The number of nitrogens with one attached hydrogen (secondary N) is 2. The predicted molar refractivity (Wildman–Crippen MR) is 71.4 cm³/mol. The smallest absolute Gasteiger partial charge is 0.315 e. The van der Waals surface area contributed by atoms with E-state index in [4.69, 9.17) is 9.47 Å². The number of hydrogen-bond acceptors (Lipinski definition) is 6. The van der Waals surface area contributed by atoms with E-state index in [9.17, 15) is 14.4 Å². The van der Waals surface area contributed by atoms with Crippen LogP contribution in [0.4, 0.5) is 0 Å². The number of rotatable bonds is 6. The van der Waals surface area contributed by atoms with E-state index >= 15 is 0 Å². The Bertz CT molecular complexity index is 500. The van der Waals surface area contributed by atoms with Gasteiger partial charge in [0.1, 0.15) is 17.9 Å². The Labute approximate surface area is 121 Å². The van der Waals surface area contributed by atoms with Crippen LogP contribution in [-0.2, 0) is 19.1 Å². The molecule has 0 radical (unpaired) electrons. The topological polar surface area (TPSA) is 103 Å². The summed E-state index contributed by atoms with van der Waals surface area (Å²) in [6.07, 6.45) is -0.476. The van der Waals surface area contributed by atoms with Crippen molar-refractivity contribution in [2.75, 3.05) is 20.8 Å². The van der Waals surface area contributed by atoms with Crippen LogP contribution in [0.2, 0.25) is 0 Å². The summed E-state index contributed by atoms with van der Waals surface area (Å²) in [5.74, 6) is -0.798. The standard InChI is InChI=1S/C13H16N2O6/c1-19-9-3-5-10(6-4-9)21-8-12(17)15-14-11(16)7-13(18)20-2/h3-6H,7-8H2,1-2H3,(H,14,16)(H,15,17). The summed E-state index contributed by atoms with van der Waals surface area (Å²) in [4.78, 5) is 33.4. The lowest BCUT2D eigenvalue weighted by Gasteiger charge is -2.08. The SMILES string of the molecule is COC(=O)CC(=O)NNC(=O)COc1ccc(OC)cc1. The van der Waals surface area contributed by atoms with E-state index in [-0.39, 0.29) is 6.61 Å². The van der Waals surface area contributed by atoms with Crippen LogP contribution >= 0.6 is 0 Å². The van der Waals surface area contributed by atoms with Crippen LogP contribution in [0.15, 0.2) is 24.3 Å². The molecule has 2 amide bonds. The molecule has 0 aliphatic heterocycles. The summed E-state index contributed by atoms with van der Waals surface area (Å²) in [6.45, 7) is -0.287. The molecule has 0 atom stereocenters. The first-order valence-corrected chi connectivity index (χ1v) is 5.96. The van der Waals surface area contributed by atoms with Crippen molar-refractivity contribution in [3.63, 3.8) is 0 Å². The highest BCUT2D eigenvalue weighted by Gasteiger charge is 2.10. The van der Waals surface area contributed by atoms with Gasteiger partial charge in [0, 0.05) is 0 Å². The maximum absolute atomic E-state index is 11.4. The number of methoxy groups -OCH3 is 2. The Kier molecular flexibility index (Phi) is 6.52. The molecule has 0 heterocycles. The van der Waals surface area contributed by atoms with E-state index in [2.05, 4.69) is 15.6 Å². The Balaban J connectivity index is 2.27. The molecule has 21 heavy (non-hydrogen) atoms. The average molecular weight is 296 g/mol. The summed E-state index contributed by atoms with van der Waals surface area (Å²) in [5, 5.41) is 0. The lowest BCUT2D eigenvalue weighted by atomic mass is 10.3. The van der Waals surface area contributed by atoms with Crippen molar-refractivity contribution >= 4 is 17.8 Å². The summed E-state index contributed by atoms with van der Waals surface area (Å²) in [6, 6.07) is 6.65. The lowest BCUT2D eigenvalue weighted by molar-refractivity contribution is -0.144. The minimum absolute atomic E-state index is 0.287. The third-order valence-electron chi connectivity index (χ3n) is 2.30. The van der Waals surface area contributed by atoms with Crippen molar-refractivity contribution in [1.29, 1.82) is 0 Å². The predicted octanol–water partition coefficient (Wildman–Crippen LogP) is -0.215. The second-order valence-corrected chi connectivity index (χ2v) is 3.81. The van der Waals surface area contributed by atoms with Gasteiger partial charge in [-0.2, -0.15) is 0 Å². The van der Waals surface area contributed by atoms with E-state index < -0.39 is 24.2 Å². The van der Waals surface area contributed by atoms with Gasteiger partial charge in [-0.1, -0.05) is 0 Å². The van der Waals surface area contributed by atoms with Gasteiger partial charge in [-0.25, -0.2) is 0 Å². The van der Waals surface area contributed by atoms with Crippen LogP contribution in [0, 0.1) is 0 Å². The first-order valence-electron chi connectivity index (χ1n) is 5.96. The molecular formula is C13H16N2O6. The van der Waals surface area contributed by atoms with Crippen molar-refractivity contribution in [1.82, 2.24) is 10.9 Å². The van der Waals surface area contributed by atoms with Crippen molar-refractivity contribution in [3.8, 4) is 11.5 Å². The Hall–Kier alpha value is -2.77. The summed E-state index contributed by atoms with van der Waals surface area (Å²) in [5.41, 5.74) is 4.17. The number of ether oxygens (including phenoxy) is 3. The van der Waals surface area contributed by atoms with Gasteiger partial charge in [-0.15, -0.1) is 0 Å². The van der Waals surface area contributed by atoms with Crippen LogP contribution in [-0.4, -0.2) is 38.6 Å². The molecule has 0 spiro atoms. The average Bonchev–Trinajstić information content (AvgIpc) is 2.51. The number of hydrogen-bond donors (Lipinski definition) is 2. The molecule has 0 aromatic heterocycles. The zero-order chi connectivity index (χ0) is 15.7. The molecule has 8 heteroatoms. The van der Waals surface area contributed by atoms with Crippen molar-refractivity contribution in [3.05, 3.63) is 24.3 Å². The van der Waals surface area contributed by atoms with Gasteiger partial charge >= 0.3 is 5.97 Å². The molecule has 1 aromatic rings. The highest BCUT2D eigenvalue weighted by molar-refractivity contribution is 5.95. The number of benzene rings is 1. The summed E-state index contributed by atoms with van der Waals surface area (Å²) < 4.78 is 14.5. The van der Waals surface area contributed by atoms with Crippen LogP contribution < -0.4 is 20.3 Å². The fourth-order valence-corrected chi connectivity index (χ4v) is 1.24. The molecule has 1 aromatic carbocycles. The van der Waals surface area contributed by atoms with E-state index in [0.29, 0.717) is 11.5 Å². The number of esters is 1. The van der Waals surface area contributed by atoms with Gasteiger partial charge in [0.2, 0.25) is 5.91 Å². The van der Waals surface area contributed by atoms with Gasteiger partial charge in [-0.3, -0.25) is 25.2 Å². The molecule has 0 unspecified atom stereocenters. The van der Waals surface area contributed by atoms with E-state index in [1.807, 2.05) is 0 Å². The zero-order valence-electron chi connectivity index (χ0n) is 11.7. The van der Waals surface area contributed by atoms with Crippen LogP contribution in [0.5, 0.6) is 11.5 Å². The van der Waals surface area contributed by atoms with Gasteiger partial charge in [0.25, 0.3) is 5.91 Å². The Morgan fingerprint density at radius 1 is 0.952 bits per heavy atom. The second-order valence-electron chi connectivity index (χ2n) is 3.81. The van der Waals surface area contributed by atoms with E-state index in [1.54, 1.807) is 31.4 Å². The number of hydrazine groups is 1. The first kappa shape index (κ1) is 16.3. The minimum Gasteiger partial charge on any atom is -0.497 e. The lowest BCUT2D eigenvalue weighted by Crippen LogP contribution is -2.44. The minimum atomic E-state index is -0.698. The summed E-state index contributed by atoms with van der Waals surface area (Å²) >= 11 is 0. The molecule has 2 N–H and O–H groups in total. The molecule has 114 valence electrons. The van der Waals surface area contributed by atoms with Crippen molar-refractivity contribution in [2.24, 2.45) is 0 Å². The molecule has 8 nitrogen and oxygen atoms in total. The third-order valence-corrected chi connectivity index (χ3v) is 2.30. The quantitative estimate of drug-likeness (QED) is 0.427. The highest BCUT2D eigenvalue weighted by Crippen LogP contribution is 2.16. The number of amides is 2. The fraction of sp³-hybridized carbons (Fsp3) is 0.308. The molecule has 0 aliphatic rings. The fourth-order valence-electron chi connectivity index (χ4n) is 1.24. The molecule has 0 saturated heterocycles. The van der Waals surface area contributed by atoms with E-state index in [0.717, 1.165) is 7.11 Å².